The van der Waals surface area contributed by atoms with E-state index < -0.39 is 0 Å². The summed E-state index contributed by atoms with van der Waals surface area (Å²) in [7, 11) is 0. The van der Waals surface area contributed by atoms with Crippen LogP contribution in [0.2, 0.25) is 5.02 Å². The van der Waals surface area contributed by atoms with E-state index >= 15 is 0 Å². The minimum absolute atomic E-state index is 0.0704. The molecule has 9 nitrogen and oxygen atoms in total. The van der Waals surface area contributed by atoms with Crippen molar-refractivity contribution < 1.29 is 14.3 Å². The van der Waals surface area contributed by atoms with Crippen molar-refractivity contribution in [1.82, 2.24) is 30.2 Å². The number of pyridine rings is 1. The number of rotatable bonds is 4. The maximum absolute atomic E-state index is 13.5. The van der Waals surface area contributed by atoms with Gasteiger partial charge < -0.3 is 14.5 Å². The van der Waals surface area contributed by atoms with E-state index in [9.17, 15) is 9.59 Å². The number of carbonyl (C=O) groups is 2. The van der Waals surface area contributed by atoms with Crippen molar-refractivity contribution in [3.05, 3.63) is 58.0 Å². The number of H-pyrrole nitrogens is 1. The number of fused-ring (bicyclic) bond motifs is 6. The molecule has 37 heavy (non-hydrogen) atoms. The molecule has 0 spiro atoms. The molecule has 0 radical (unpaired) electrons. The van der Waals surface area contributed by atoms with E-state index in [2.05, 4.69) is 20.4 Å². The Morgan fingerprint density at radius 1 is 1.00 bits per heavy atom. The summed E-state index contributed by atoms with van der Waals surface area (Å²) >= 11 is 6.19. The molecular formula is C27H27ClN6O3. The molecule has 1 saturated carbocycles. The summed E-state index contributed by atoms with van der Waals surface area (Å²) in [5, 5.41) is 12.4. The first-order valence-electron chi connectivity index (χ1n) is 12.9. The van der Waals surface area contributed by atoms with E-state index in [1.165, 1.54) is 0 Å². The van der Waals surface area contributed by atoms with Gasteiger partial charge in [0, 0.05) is 61.1 Å². The minimum Gasteiger partial charge on any atom is -0.493 e. The third-order valence-electron chi connectivity index (χ3n) is 8.63. The second-order valence-corrected chi connectivity index (χ2v) is 10.9. The van der Waals surface area contributed by atoms with Crippen LogP contribution in [0.1, 0.15) is 28.8 Å². The summed E-state index contributed by atoms with van der Waals surface area (Å²) in [6.45, 7) is 5.35. The van der Waals surface area contributed by atoms with Gasteiger partial charge in [-0.25, -0.2) is 4.98 Å². The lowest BCUT2D eigenvalue weighted by molar-refractivity contribution is -0.126. The second kappa shape index (κ2) is 8.55. The Morgan fingerprint density at radius 3 is 2.38 bits per heavy atom. The van der Waals surface area contributed by atoms with E-state index in [0.717, 1.165) is 35.4 Å². The molecule has 1 N–H and O–H groups in total. The highest BCUT2D eigenvalue weighted by Gasteiger charge is 2.59. The molecule has 10 heteroatoms. The second-order valence-electron chi connectivity index (χ2n) is 10.5. The first kappa shape index (κ1) is 22.7. The quantitative estimate of drug-likeness (QED) is 0.569. The van der Waals surface area contributed by atoms with Crippen molar-refractivity contribution in [2.45, 2.75) is 19.8 Å². The molecule has 2 saturated heterocycles. The fraction of sp³-hybridized carbons (Fsp3) is 0.444. The third kappa shape index (κ3) is 3.62. The van der Waals surface area contributed by atoms with Crippen LogP contribution in [0.5, 0.6) is 5.75 Å². The molecule has 190 valence electrons. The first-order valence-corrected chi connectivity index (χ1v) is 13.3. The molecule has 4 atom stereocenters. The number of benzene rings is 1. The minimum atomic E-state index is -0.0704. The van der Waals surface area contributed by atoms with Crippen molar-refractivity contribution in [2.24, 2.45) is 23.7 Å². The lowest BCUT2D eigenvalue weighted by Gasteiger charge is -2.42. The Bertz CT molecular complexity index is 1450. The van der Waals surface area contributed by atoms with Crippen molar-refractivity contribution in [3.63, 3.8) is 0 Å². The maximum atomic E-state index is 13.5. The SMILES string of the molecule is CCOc1cc(C(=O)N2C[C@@H]3[C@H]4CN(C(=O)C5=CCc6n[nH]nc6C5)C[C@H]4[C@@H]3C2)nc2cc(Cl)ccc12. The molecule has 4 heterocycles. The largest absolute Gasteiger partial charge is 0.493 e. The first-order chi connectivity index (χ1) is 18.0. The van der Waals surface area contributed by atoms with Crippen LogP contribution in [-0.2, 0) is 17.6 Å². The Kier molecular flexibility index (Phi) is 5.25. The van der Waals surface area contributed by atoms with Crippen LogP contribution >= 0.6 is 11.6 Å². The van der Waals surface area contributed by atoms with E-state index in [-0.39, 0.29) is 11.8 Å². The molecule has 1 aromatic carbocycles. The predicted molar refractivity (Wildman–Crippen MR) is 136 cm³/mol. The molecular weight excluding hydrogens is 492 g/mol. The van der Waals surface area contributed by atoms with Crippen molar-refractivity contribution in [3.8, 4) is 5.75 Å². The summed E-state index contributed by atoms with van der Waals surface area (Å²) in [5.74, 6) is 2.44. The average molecular weight is 519 g/mol. The molecule has 2 amide bonds. The van der Waals surface area contributed by atoms with Crippen molar-refractivity contribution >= 4 is 34.3 Å². The van der Waals surface area contributed by atoms with Crippen LogP contribution in [0.4, 0.5) is 0 Å². The molecule has 2 aliphatic heterocycles. The van der Waals surface area contributed by atoms with Gasteiger partial charge in [-0.05, 0) is 48.8 Å². The zero-order valence-corrected chi connectivity index (χ0v) is 21.2. The number of hydrogen-bond acceptors (Lipinski definition) is 6. The summed E-state index contributed by atoms with van der Waals surface area (Å²) in [4.78, 5) is 35.4. The number of allylic oxidation sites excluding steroid dienone is 1. The van der Waals surface area contributed by atoms with Crippen LogP contribution in [0.15, 0.2) is 35.9 Å². The van der Waals surface area contributed by atoms with Crippen LogP contribution in [0.25, 0.3) is 10.9 Å². The lowest BCUT2D eigenvalue weighted by atomic mass is 9.60. The van der Waals surface area contributed by atoms with E-state index in [1.54, 1.807) is 18.2 Å². The van der Waals surface area contributed by atoms with Crippen LogP contribution in [-0.4, -0.2) is 74.8 Å². The summed E-state index contributed by atoms with van der Waals surface area (Å²) in [6.07, 6.45) is 3.18. The van der Waals surface area contributed by atoms with Gasteiger partial charge in [0.25, 0.3) is 5.91 Å². The van der Waals surface area contributed by atoms with Crippen LogP contribution < -0.4 is 4.74 Å². The van der Waals surface area contributed by atoms with Gasteiger partial charge in [0.15, 0.2) is 0 Å². The van der Waals surface area contributed by atoms with E-state index in [1.807, 2.05) is 28.9 Å². The molecule has 7 rings (SSSR count). The van der Waals surface area contributed by atoms with Gasteiger partial charge in [-0.15, -0.1) is 0 Å². The molecule has 3 aromatic rings. The Hall–Kier alpha value is -3.46. The highest BCUT2D eigenvalue weighted by molar-refractivity contribution is 6.31. The van der Waals surface area contributed by atoms with Crippen LogP contribution in [0.3, 0.4) is 0 Å². The number of halogens is 1. The molecule has 4 aliphatic rings. The van der Waals surface area contributed by atoms with Gasteiger partial charge in [0.2, 0.25) is 5.91 Å². The summed E-state index contributed by atoms with van der Waals surface area (Å²) in [6, 6.07) is 7.20. The van der Waals surface area contributed by atoms with Gasteiger partial charge in [-0.3, -0.25) is 9.59 Å². The van der Waals surface area contributed by atoms with Crippen LogP contribution in [0, 0.1) is 23.7 Å². The monoisotopic (exact) mass is 518 g/mol. The number of nitrogens with one attached hydrogen (secondary N) is 1. The molecule has 2 aliphatic carbocycles. The number of likely N-dealkylation sites (tertiary alicyclic amines) is 2. The summed E-state index contributed by atoms with van der Waals surface area (Å²) in [5.41, 5.74) is 3.66. The smallest absolute Gasteiger partial charge is 0.272 e. The number of carbonyl (C=O) groups excluding carboxylic acids is 2. The standard InChI is InChI=1S/C27H27ClN6O3/c1-2-37-25-9-24(29-22-8-15(28)4-5-16(22)25)27(36)34-12-19-17-10-33(11-18(17)20(19)13-34)26(35)14-3-6-21-23(7-14)31-32-30-21/h3-5,8-9,17-20H,2,6-7,10-13H2,1H3,(H,30,31,32)/t17-,18+,19+,20-. The zero-order chi connectivity index (χ0) is 25.3. The van der Waals surface area contributed by atoms with Gasteiger partial charge in [0.05, 0.1) is 23.5 Å². The lowest BCUT2D eigenvalue weighted by Crippen LogP contribution is -2.44. The Labute approximate surface area is 218 Å². The van der Waals surface area contributed by atoms with Gasteiger partial charge in [-0.2, -0.15) is 15.4 Å². The van der Waals surface area contributed by atoms with Gasteiger partial charge in [0.1, 0.15) is 11.4 Å². The maximum Gasteiger partial charge on any atom is 0.272 e. The highest BCUT2D eigenvalue weighted by atomic mass is 35.5. The Morgan fingerprint density at radius 2 is 1.68 bits per heavy atom. The number of nitrogens with zero attached hydrogens (tertiary/aromatic N) is 5. The summed E-state index contributed by atoms with van der Waals surface area (Å²) < 4.78 is 5.82. The molecule has 2 aromatic heterocycles. The molecule has 3 fully saturated rings. The topological polar surface area (TPSA) is 104 Å². The number of ether oxygens (including phenoxy) is 1. The average Bonchev–Trinajstić information content (AvgIpc) is 3.61. The van der Waals surface area contributed by atoms with E-state index in [0.29, 0.717) is 78.2 Å². The fourth-order valence-electron chi connectivity index (χ4n) is 6.84. The fourth-order valence-corrected chi connectivity index (χ4v) is 7.01. The van der Waals surface area contributed by atoms with E-state index in [4.69, 9.17) is 16.3 Å². The van der Waals surface area contributed by atoms with Gasteiger partial charge in [-0.1, -0.05) is 17.7 Å². The Balaban J connectivity index is 1.04. The third-order valence-corrected chi connectivity index (χ3v) is 8.86. The number of aromatic nitrogens is 4. The highest BCUT2D eigenvalue weighted by Crippen LogP contribution is 2.54. The van der Waals surface area contributed by atoms with Crippen molar-refractivity contribution in [2.75, 3.05) is 32.8 Å². The number of amides is 2. The molecule has 0 unspecified atom stereocenters. The number of aromatic amines is 1. The zero-order valence-electron chi connectivity index (χ0n) is 20.5. The normalized spacial score (nSPS) is 25.8. The number of hydrogen-bond donors (Lipinski definition) is 1. The predicted octanol–water partition coefficient (Wildman–Crippen LogP) is 2.91. The van der Waals surface area contributed by atoms with Crippen molar-refractivity contribution in [1.29, 1.82) is 0 Å². The van der Waals surface area contributed by atoms with Gasteiger partial charge >= 0.3 is 0 Å². The molecule has 0 bridgehead atoms.